The highest BCUT2D eigenvalue weighted by Gasteiger charge is 2.14. The summed E-state index contributed by atoms with van der Waals surface area (Å²) in [6.45, 7) is 11.5. The Labute approximate surface area is 117 Å². The van der Waals surface area contributed by atoms with E-state index < -0.39 is 0 Å². The Morgan fingerprint density at radius 2 is 1.63 bits per heavy atom. The average molecular weight is 275 g/mol. The molecule has 114 valence electrons. The smallest absolute Gasteiger partial charge is 0.320 e. The minimum Gasteiger partial charge on any atom is -0.465 e. The minimum absolute atomic E-state index is 0.166. The third-order valence-corrected chi connectivity index (χ3v) is 2.58. The van der Waals surface area contributed by atoms with Gasteiger partial charge < -0.3 is 14.2 Å². The van der Waals surface area contributed by atoms with Gasteiger partial charge >= 0.3 is 5.97 Å². The van der Waals surface area contributed by atoms with Gasteiger partial charge in [0, 0.05) is 26.2 Å². The first-order valence-corrected chi connectivity index (χ1v) is 7.28. The SMILES string of the molecule is CCCN(CCC(OCC)OCC)CC(=O)OCC. The summed E-state index contributed by atoms with van der Waals surface area (Å²) in [6.07, 6.45) is 1.59. The molecule has 0 aliphatic carbocycles. The summed E-state index contributed by atoms with van der Waals surface area (Å²) in [6, 6.07) is 0. The molecule has 0 fully saturated rings. The summed E-state index contributed by atoms with van der Waals surface area (Å²) in [7, 11) is 0. The number of hydrogen-bond acceptors (Lipinski definition) is 5. The van der Waals surface area contributed by atoms with Crippen LogP contribution >= 0.6 is 0 Å². The highest BCUT2D eigenvalue weighted by atomic mass is 16.7. The molecule has 0 saturated heterocycles. The van der Waals surface area contributed by atoms with Crippen LogP contribution < -0.4 is 0 Å². The summed E-state index contributed by atoms with van der Waals surface area (Å²) in [5.74, 6) is -0.166. The van der Waals surface area contributed by atoms with E-state index in [1.165, 1.54) is 0 Å². The molecule has 5 nitrogen and oxygen atoms in total. The summed E-state index contributed by atoms with van der Waals surface area (Å²) in [5, 5.41) is 0. The van der Waals surface area contributed by atoms with E-state index in [-0.39, 0.29) is 12.3 Å². The van der Waals surface area contributed by atoms with Crippen molar-refractivity contribution in [3.05, 3.63) is 0 Å². The van der Waals surface area contributed by atoms with Crippen LogP contribution in [-0.2, 0) is 19.0 Å². The Bertz CT molecular complexity index is 217. The molecule has 0 aliphatic rings. The van der Waals surface area contributed by atoms with Crippen molar-refractivity contribution in [2.24, 2.45) is 0 Å². The molecule has 0 aromatic carbocycles. The largest absolute Gasteiger partial charge is 0.465 e. The second kappa shape index (κ2) is 12.4. The number of carbonyl (C=O) groups excluding carboxylic acids is 1. The minimum atomic E-state index is -0.184. The predicted octanol–water partition coefficient (Wildman–Crippen LogP) is 2.05. The Balaban J connectivity index is 4.12. The molecule has 0 aliphatic heterocycles. The van der Waals surface area contributed by atoms with Gasteiger partial charge in [-0.15, -0.1) is 0 Å². The zero-order valence-electron chi connectivity index (χ0n) is 12.8. The topological polar surface area (TPSA) is 48.0 Å². The van der Waals surface area contributed by atoms with Gasteiger partial charge in [-0.3, -0.25) is 9.69 Å². The Kier molecular flexibility index (Phi) is 12.0. The number of rotatable bonds is 12. The van der Waals surface area contributed by atoms with Crippen LogP contribution in [0.3, 0.4) is 0 Å². The second-order valence-corrected chi connectivity index (χ2v) is 4.21. The van der Waals surface area contributed by atoms with Crippen molar-refractivity contribution in [3.63, 3.8) is 0 Å². The molecule has 0 unspecified atom stereocenters. The van der Waals surface area contributed by atoms with E-state index in [1.807, 2.05) is 20.8 Å². The molecule has 0 N–H and O–H groups in total. The van der Waals surface area contributed by atoms with E-state index in [2.05, 4.69) is 11.8 Å². The van der Waals surface area contributed by atoms with Crippen molar-refractivity contribution in [1.82, 2.24) is 4.90 Å². The quantitative estimate of drug-likeness (QED) is 0.403. The van der Waals surface area contributed by atoms with Crippen molar-refractivity contribution in [2.45, 2.75) is 46.8 Å². The molecule has 0 radical (unpaired) electrons. The molecular formula is C14H29NO4. The summed E-state index contributed by atoms with van der Waals surface area (Å²) >= 11 is 0. The zero-order valence-corrected chi connectivity index (χ0v) is 12.8. The normalized spacial score (nSPS) is 11.3. The van der Waals surface area contributed by atoms with E-state index >= 15 is 0 Å². The van der Waals surface area contributed by atoms with Crippen LogP contribution in [0.5, 0.6) is 0 Å². The number of esters is 1. The Morgan fingerprint density at radius 3 is 2.11 bits per heavy atom. The van der Waals surface area contributed by atoms with Gasteiger partial charge in [0.2, 0.25) is 0 Å². The van der Waals surface area contributed by atoms with E-state index in [4.69, 9.17) is 14.2 Å². The number of ether oxygens (including phenoxy) is 3. The maximum absolute atomic E-state index is 11.5. The van der Waals surface area contributed by atoms with Crippen molar-refractivity contribution >= 4 is 5.97 Å². The molecule has 0 spiro atoms. The third kappa shape index (κ3) is 9.87. The molecule has 0 amide bonds. The number of carbonyl (C=O) groups is 1. The van der Waals surface area contributed by atoms with Gasteiger partial charge in [-0.05, 0) is 33.7 Å². The molecule has 0 heterocycles. The van der Waals surface area contributed by atoms with Crippen molar-refractivity contribution in [1.29, 1.82) is 0 Å². The lowest BCUT2D eigenvalue weighted by Gasteiger charge is -2.23. The van der Waals surface area contributed by atoms with Crippen LogP contribution in [-0.4, -0.2) is 56.6 Å². The van der Waals surface area contributed by atoms with Gasteiger partial charge in [-0.25, -0.2) is 0 Å². The van der Waals surface area contributed by atoms with Crippen molar-refractivity contribution < 1.29 is 19.0 Å². The summed E-state index contributed by atoms with van der Waals surface area (Å²) in [5.41, 5.74) is 0. The third-order valence-electron chi connectivity index (χ3n) is 2.58. The molecule has 0 atom stereocenters. The Morgan fingerprint density at radius 1 is 1.00 bits per heavy atom. The standard InChI is InChI=1S/C14H29NO4/c1-5-10-15(12-13(16)17-6-2)11-9-14(18-7-3)19-8-4/h14H,5-12H2,1-4H3. The Hall–Kier alpha value is -0.650. The summed E-state index contributed by atoms with van der Waals surface area (Å²) < 4.78 is 16.0. The van der Waals surface area contributed by atoms with Gasteiger partial charge in [0.05, 0.1) is 13.2 Å². The van der Waals surface area contributed by atoms with Gasteiger partial charge in [0.15, 0.2) is 6.29 Å². The van der Waals surface area contributed by atoms with Crippen LogP contribution in [0.15, 0.2) is 0 Å². The molecule has 0 aromatic rings. The lowest BCUT2D eigenvalue weighted by molar-refractivity contribution is -0.149. The van der Waals surface area contributed by atoms with E-state index in [0.717, 1.165) is 25.9 Å². The van der Waals surface area contributed by atoms with Gasteiger partial charge in [-0.2, -0.15) is 0 Å². The highest BCUT2D eigenvalue weighted by molar-refractivity contribution is 5.71. The fourth-order valence-corrected chi connectivity index (χ4v) is 1.85. The lowest BCUT2D eigenvalue weighted by atomic mass is 10.3. The molecular weight excluding hydrogens is 246 g/mol. The van der Waals surface area contributed by atoms with E-state index in [1.54, 1.807) is 0 Å². The van der Waals surface area contributed by atoms with Gasteiger partial charge in [0.25, 0.3) is 0 Å². The molecule has 5 heteroatoms. The van der Waals surface area contributed by atoms with Crippen LogP contribution in [0, 0.1) is 0 Å². The first-order chi connectivity index (χ1) is 9.17. The fraction of sp³-hybridized carbons (Fsp3) is 0.929. The number of nitrogens with zero attached hydrogens (tertiary/aromatic N) is 1. The molecule has 0 aromatic heterocycles. The van der Waals surface area contributed by atoms with Gasteiger partial charge in [0.1, 0.15) is 0 Å². The average Bonchev–Trinajstić information content (AvgIpc) is 2.36. The monoisotopic (exact) mass is 275 g/mol. The van der Waals surface area contributed by atoms with Crippen LogP contribution in [0.25, 0.3) is 0 Å². The molecule has 0 saturated carbocycles. The van der Waals surface area contributed by atoms with E-state index in [9.17, 15) is 4.79 Å². The van der Waals surface area contributed by atoms with Crippen molar-refractivity contribution in [2.75, 3.05) is 39.5 Å². The number of hydrogen-bond donors (Lipinski definition) is 0. The second-order valence-electron chi connectivity index (χ2n) is 4.21. The highest BCUT2D eigenvalue weighted by Crippen LogP contribution is 2.04. The van der Waals surface area contributed by atoms with Crippen molar-refractivity contribution in [3.8, 4) is 0 Å². The molecule has 19 heavy (non-hydrogen) atoms. The van der Waals surface area contributed by atoms with Crippen LogP contribution in [0.2, 0.25) is 0 Å². The van der Waals surface area contributed by atoms with E-state index in [0.29, 0.717) is 26.4 Å². The maximum atomic E-state index is 11.5. The molecule has 0 rings (SSSR count). The fourth-order valence-electron chi connectivity index (χ4n) is 1.85. The predicted molar refractivity (Wildman–Crippen MR) is 75.0 cm³/mol. The maximum Gasteiger partial charge on any atom is 0.320 e. The zero-order chi connectivity index (χ0) is 14.5. The summed E-state index contributed by atoms with van der Waals surface area (Å²) in [4.78, 5) is 13.6. The first-order valence-electron chi connectivity index (χ1n) is 7.28. The first kappa shape index (κ1) is 18.4. The van der Waals surface area contributed by atoms with Crippen LogP contribution in [0.1, 0.15) is 40.5 Å². The van der Waals surface area contributed by atoms with Crippen LogP contribution in [0.4, 0.5) is 0 Å². The van der Waals surface area contributed by atoms with Gasteiger partial charge in [-0.1, -0.05) is 6.92 Å². The lowest BCUT2D eigenvalue weighted by Crippen LogP contribution is -2.35. The molecule has 0 bridgehead atoms.